The summed E-state index contributed by atoms with van der Waals surface area (Å²) in [5.41, 5.74) is 2.60. The molecule has 0 aliphatic heterocycles. The van der Waals surface area contributed by atoms with Crippen LogP contribution >= 0.6 is 0 Å². The fourth-order valence-corrected chi connectivity index (χ4v) is 6.31. The topological polar surface area (TPSA) is 92.3 Å². The molecule has 0 saturated heterocycles. The molecule has 0 spiro atoms. The first kappa shape index (κ1) is 27.7. The average Bonchev–Trinajstić information content (AvgIpc) is 2.84. The zero-order valence-electron chi connectivity index (χ0n) is 22.5. The molecule has 38 heavy (non-hydrogen) atoms. The van der Waals surface area contributed by atoms with Crippen LogP contribution in [0.1, 0.15) is 52.7 Å². The van der Waals surface area contributed by atoms with Gasteiger partial charge in [0, 0.05) is 10.8 Å². The lowest BCUT2D eigenvalue weighted by molar-refractivity contribution is 0.587. The molecule has 4 rings (SSSR count). The Labute approximate surface area is 226 Å². The second-order valence-corrected chi connectivity index (χ2v) is 14.8. The molecule has 200 valence electrons. The van der Waals surface area contributed by atoms with Crippen molar-refractivity contribution in [1.29, 1.82) is 0 Å². The highest BCUT2D eigenvalue weighted by Gasteiger charge is 2.21. The minimum absolute atomic E-state index is 0.0935. The molecule has 0 radical (unpaired) electrons. The van der Waals surface area contributed by atoms with Crippen molar-refractivity contribution in [2.45, 2.75) is 62.2 Å². The lowest BCUT2D eigenvalue weighted by atomic mass is 9.87. The standard InChI is InChI=1S/C30H34N2O4S2/c1-29(2,3)21-11-15-23(16-12-21)37(33,34)31-27-19-20-28(26-10-8-7-9-25(26)27)32-38(35,36)24-17-13-22(14-18-24)30(4,5)6/h7-20,31-32H,1-6H3. The van der Waals surface area contributed by atoms with Crippen molar-refractivity contribution in [3.63, 3.8) is 0 Å². The summed E-state index contributed by atoms with van der Waals surface area (Å²) in [6, 6.07) is 23.9. The molecule has 0 fully saturated rings. The molecular weight excluding hydrogens is 516 g/mol. The maximum absolute atomic E-state index is 13.2. The van der Waals surface area contributed by atoms with Gasteiger partial charge in [-0.3, -0.25) is 9.44 Å². The van der Waals surface area contributed by atoms with Crippen LogP contribution in [0.4, 0.5) is 11.4 Å². The molecule has 0 unspecified atom stereocenters. The van der Waals surface area contributed by atoms with E-state index in [0.29, 0.717) is 22.1 Å². The van der Waals surface area contributed by atoms with Gasteiger partial charge >= 0.3 is 0 Å². The molecule has 0 aliphatic rings. The van der Waals surface area contributed by atoms with Crippen LogP contribution < -0.4 is 9.44 Å². The normalized spacial score (nSPS) is 12.9. The first-order valence-corrected chi connectivity index (χ1v) is 15.3. The van der Waals surface area contributed by atoms with Gasteiger partial charge in [0.2, 0.25) is 0 Å². The molecule has 0 saturated carbocycles. The van der Waals surface area contributed by atoms with Crippen LogP contribution in [-0.2, 0) is 30.9 Å². The van der Waals surface area contributed by atoms with Crippen LogP contribution in [0.3, 0.4) is 0 Å². The van der Waals surface area contributed by atoms with Crippen LogP contribution in [-0.4, -0.2) is 16.8 Å². The molecule has 0 bridgehead atoms. The van der Waals surface area contributed by atoms with Crippen molar-refractivity contribution in [2.75, 3.05) is 9.44 Å². The van der Waals surface area contributed by atoms with Crippen LogP contribution in [0.2, 0.25) is 0 Å². The van der Waals surface area contributed by atoms with Crippen molar-refractivity contribution in [3.05, 3.63) is 96.1 Å². The van der Waals surface area contributed by atoms with Gasteiger partial charge in [0.1, 0.15) is 0 Å². The van der Waals surface area contributed by atoms with E-state index in [1.54, 1.807) is 60.7 Å². The van der Waals surface area contributed by atoms with E-state index in [4.69, 9.17) is 0 Å². The van der Waals surface area contributed by atoms with Crippen LogP contribution in [0, 0.1) is 0 Å². The van der Waals surface area contributed by atoms with E-state index in [2.05, 4.69) is 51.0 Å². The summed E-state index contributed by atoms with van der Waals surface area (Å²) in [6.45, 7) is 12.4. The Kier molecular flexibility index (Phi) is 7.10. The highest BCUT2D eigenvalue weighted by molar-refractivity contribution is 7.93. The molecular formula is C30H34N2O4S2. The molecule has 0 aliphatic carbocycles. The summed E-state index contributed by atoms with van der Waals surface area (Å²) < 4.78 is 58.1. The highest BCUT2D eigenvalue weighted by Crippen LogP contribution is 2.33. The van der Waals surface area contributed by atoms with Crippen LogP contribution in [0.25, 0.3) is 10.8 Å². The van der Waals surface area contributed by atoms with E-state index in [0.717, 1.165) is 11.1 Å². The van der Waals surface area contributed by atoms with Gasteiger partial charge < -0.3 is 0 Å². The maximum atomic E-state index is 13.2. The summed E-state index contributed by atoms with van der Waals surface area (Å²) in [5.74, 6) is 0. The quantitative estimate of drug-likeness (QED) is 0.269. The molecule has 0 atom stereocenters. The Morgan fingerprint density at radius 1 is 0.474 bits per heavy atom. The fourth-order valence-electron chi connectivity index (χ4n) is 4.15. The van der Waals surface area contributed by atoms with E-state index in [9.17, 15) is 16.8 Å². The van der Waals surface area contributed by atoms with E-state index in [-0.39, 0.29) is 20.6 Å². The first-order chi connectivity index (χ1) is 17.6. The number of rotatable bonds is 6. The molecule has 2 N–H and O–H groups in total. The summed E-state index contributed by atoms with van der Waals surface area (Å²) in [6.07, 6.45) is 0. The number of nitrogens with one attached hydrogen (secondary N) is 2. The summed E-state index contributed by atoms with van der Waals surface area (Å²) in [4.78, 5) is 0.302. The third-order valence-corrected chi connectivity index (χ3v) is 9.24. The Bertz CT molecular complexity index is 1550. The zero-order chi connectivity index (χ0) is 27.9. The number of fused-ring (bicyclic) bond motifs is 1. The molecule has 4 aromatic rings. The lowest BCUT2D eigenvalue weighted by Crippen LogP contribution is -2.16. The number of sulfonamides is 2. The monoisotopic (exact) mass is 550 g/mol. The van der Waals surface area contributed by atoms with Crippen molar-refractivity contribution in [3.8, 4) is 0 Å². The maximum Gasteiger partial charge on any atom is 0.261 e. The lowest BCUT2D eigenvalue weighted by Gasteiger charge is -2.20. The second-order valence-electron chi connectivity index (χ2n) is 11.5. The largest absolute Gasteiger partial charge is 0.279 e. The van der Waals surface area contributed by atoms with E-state index in [1.807, 2.05) is 24.3 Å². The first-order valence-electron chi connectivity index (χ1n) is 12.4. The molecule has 0 aromatic heterocycles. The minimum Gasteiger partial charge on any atom is -0.279 e. The molecule has 0 amide bonds. The van der Waals surface area contributed by atoms with Crippen molar-refractivity contribution < 1.29 is 16.8 Å². The Morgan fingerprint density at radius 3 is 1.08 bits per heavy atom. The van der Waals surface area contributed by atoms with Crippen LogP contribution in [0.15, 0.2) is 94.7 Å². The molecule has 4 aromatic carbocycles. The smallest absolute Gasteiger partial charge is 0.261 e. The van der Waals surface area contributed by atoms with Crippen molar-refractivity contribution in [1.82, 2.24) is 0 Å². The number of hydrogen-bond donors (Lipinski definition) is 2. The van der Waals surface area contributed by atoms with E-state index >= 15 is 0 Å². The van der Waals surface area contributed by atoms with Crippen molar-refractivity contribution >= 4 is 42.2 Å². The fraction of sp³-hybridized carbons (Fsp3) is 0.267. The van der Waals surface area contributed by atoms with Crippen molar-refractivity contribution in [2.24, 2.45) is 0 Å². The van der Waals surface area contributed by atoms with Crippen LogP contribution in [0.5, 0.6) is 0 Å². The zero-order valence-corrected chi connectivity index (χ0v) is 24.2. The average molecular weight is 551 g/mol. The van der Waals surface area contributed by atoms with Gasteiger partial charge in [-0.2, -0.15) is 0 Å². The van der Waals surface area contributed by atoms with Gasteiger partial charge in [-0.25, -0.2) is 16.8 Å². The second kappa shape index (κ2) is 9.75. The third-order valence-electron chi connectivity index (χ3n) is 6.47. The highest BCUT2D eigenvalue weighted by atomic mass is 32.2. The van der Waals surface area contributed by atoms with Gasteiger partial charge in [0.25, 0.3) is 20.0 Å². The molecule has 6 nitrogen and oxygen atoms in total. The van der Waals surface area contributed by atoms with Gasteiger partial charge in [-0.05, 0) is 58.4 Å². The van der Waals surface area contributed by atoms with Gasteiger partial charge in [0.15, 0.2) is 0 Å². The minimum atomic E-state index is -3.86. The Morgan fingerprint density at radius 2 is 0.789 bits per heavy atom. The number of anilines is 2. The molecule has 0 heterocycles. The molecule has 8 heteroatoms. The summed E-state index contributed by atoms with van der Waals surface area (Å²) in [5, 5.41) is 1.15. The number of hydrogen-bond acceptors (Lipinski definition) is 4. The SMILES string of the molecule is CC(C)(C)c1ccc(S(=O)(=O)Nc2ccc(NS(=O)(=O)c3ccc(C(C)(C)C)cc3)c3ccccc23)cc1. The predicted octanol–water partition coefficient (Wildman–Crippen LogP) is 7.04. The third kappa shape index (κ3) is 5.87. The van der Waals surface area contributed by atoms with Gasteiger partial charge in [0.05, 0.1) is 21.2 Å². The number of benzene rings is 4. The van der Waals surface area contributed by atoms with Gasteiger partial charge in [-0.15, -0.1) is 0 Å². The van der Waals surface area contributed by atoms with Gasteiger partial charge in [-0.1, -0.05) is 90.1 Å². The summed E-state index contributed by atoms with van der Waals surface area (Å²) >= 11 is 0. The summed E-state index contributed by atoms with van der Waals surface area (Å²) in [7, 11) is -7.73. The van der Waals surface area contributed by atoms with E-state index in [1.165, 1.54) is 0 Å². The predicted molar refractivity (Wildman–Crippen MR) is 156 cm³/mol. The Hall–Kier alpha value is -3.36. The Balaban J connectivity index is 1.65. The van der Waals surface area contributed by atoms with E-state index < -0.39 is 20.0 Å².